The second-order valence-electron chi connectivity index (χ2n) is 3.76. The molecule has 0 aliphatic heterocycles. The minimum atomic E-state index is -3.01. The van der Waals surface area contributed by atoms with E-state index in [2.05, 4.69) is 5.32 Å². The zero-order valence-corrected chi connectivity index (χ0v) is 11.3. The Hall–Kier alpha value is -0.450. The maximum Gasteiger partial charge on any atom is 0.149 e. The SMILES string of the molecule is CC(CS(C)(=O)=O)Nc1cc(Cl)ccc1Cl. The van der Waals surface area contributed by atoms with E-state index in [1.54, 1.807) is 25.1 Å². The number of hydrogen-bond acceptors (Lipinski definition) is 3. The van der Waals surface area contributed by atoms with Gasteiger partial charge in [0, 0.05) is 17.3 Å². The molecule has 0 aliphatic rings. The molecule has 0 radical (unpaired) electrons. The van der Waals surface area contributed by atoms with Crippen molar-refractivity contribution in [1.82, 2.24) is 0 Å². The van der Waals surface area contributed by atoms with Crippen LogP contribution in [-0.4, -0.2) is 26.5 Å². The van der Waals surface area contributed by atoms with Crippen molar-refractivity contribution in [3.63, 3.8) is 0 Å². The van der Waals surface area contributed by atoms with Crippen molar-refractivity contribution in [2.75, 3.05) is 17.3 Å². The first-order chi connectivity index (χ1) is 7.28. The second kappa shape index (κ2) is 5.25. The minimum absolute atomic E-state index is 0.0514. The quantitative estimate of drug-likeness (QED) is 0.923. The average molecular weight is 282 g/mol. The van der Waals surface area contributed by atoms with Gasteiger partial charge in [0.05, 0.1) is 16.5 Å². The van der Waals surface area contributed by atoms with Crippen LogP contribution in [0.5, 0.6) is 0 Å². The molecule has 1 aromatic carbocycles. The normalized spacial score (nSPS) is 13.5. The van der Waals surface area contributed by atoms with Gasteiger partial charge >= 0.3 is 0 Å². The van der Waals surface area contributed by atoms with Gasteiger partial charge < -0.3 is 5.32 Å². The van der Waals surface area contributed by atoms with Crippen molar-refractivity contribution in [1.29, 1.82) is 0 Å². The van der Waals surface area contributed by atoms with Crippen LogP contribution in [-0.2, 0) is 9.84 Å². The third-order valence-electron chi connectivity index (χ3n) is 1.88. The topological polar surface area (TPSA) is 46.2 Å². The van der Waals surface area contributed by atoms with E-state index in [1.165, 1.54) is 6.26 Å². The number of hydrogen-bond donors (Lipinski definition) is 1. The second-order valence-corrected chi connectivity index (χ2v) is 6.79. The molecule has 0 aromatic heterocycles. The van der Waals surface area contributed by atoms with Crippen LogP contribution in [0.2, 0.25) is 10.0 Å². The van der Waals surface area contributed by atoms with Gasteiger partial charge in [0.2, 0.25) is 0 Å². The molecule has 0 spiro atoms. The highest BCUT2D eigenvalue weighted by Gasteiger charge is 2.11. The standard InChI is InChI=1S/C10H13Cl2NO2S/c1-7(6-16(2,14)15)13-10-5-8(11)3-4-9(10)12/h3-5,7,13H,6H2,1-2H3. The van der Waals surface area contributed by atoms with Crippen LogP contribution < -0.4 is 5.32 Å². The maximum absolute atomic E-state index is 11.1. The van der Waals surface area contributed by atoms with Crippen LogP contribution in [0.4, 0.5) is 5.69 Å². The van der Waals surface area contributed by atoms with Crippen molar-refractivity contribution in [3.8, 4) is 0 Å². The predicted octanol–water partition coefficient (Wildman–Crippen LogP) is 2.84. The van der Waals surface area contributed by atoms with Gasteiger partial charge in [0.15, 0.2) is 0 Å². The summed E-state index contributed by atoms with van der Waals surface area (Å²) in [6.45, 7) is 1.78. The van der Waals surface area contributed by atoms with Crippen molar-refractivity contribution in [2.24, 2.45) is 0 Å². The van der Waals surface area contributed by atoms with Gasteiger partial charge in [-0.2, -0.15) is 0 Å². The molecular formula is C10H13Cl2NO2S. The van der Waals surface area contributed by atoms with Gasteiger partial charge in [0.25, 0.3) is 0 Å². The van der Waals surface area contributed by atoms with E-state index >= 15 is 0 Å². The summed E-state index contributed by atoms with van der Waals surface area (Å²) in [7, 11) is -3.01. The molecule has 0 aliphatic carbocycles. The number of sulfone groups is 1. The average Bonchev–Trinajstić information content (AvgIpc) is 2.08. The van der Waals surface area contributed by atoms with Gasteiger partial charge in [-0.3, -0.25) is 0 Å². The fourth-order valence-electron chi connectivity index (χ4n) is 1.37. The highest BCUT2D eigenvalue weighted by Crippen LogP contribution is 2.26. The monoisotopic (exact) mass is 281 g/mol. The molecule has 0 fully saturated rings. The third kappa shape index (κ3) is 4.60. The van der Waals surface area contributed by atoms with E-state index in [9.17, 15) is 8.42 Å². The summed E-state index contributed by atoms with van der Waals surface area (Å²) in [5, 5.41) is 4.08. The Labute approximate surface area is 106 Å². The molecule has 6 heteroatoms. The molecule has 1 aromatic rings. The predicted molar refractivity (Wildman–Crippen MR) is 69.3 cm³/mol. The number of nitrogens with one attached hydrogen (secondary N) is 1. The Balaban J connectivity index is 2.77. The Morgan fingerprint density at radius 2 is 2.00 bits per heavy atom. The summed E-state index contributed by atoms with van der Waals surface area (Å²) in [5.41, 5.74) is 0.644. The minimum Gasteiger partial charge on any atom is -0.380 e. The van der Waals surface area contributed by atoms with E-state index in [-0.39, 0.29) is 11.8 Å². The van der Waals surface area contributed by atoms with Crippen molar-refractivity contribution >= 4 is 38.7 Å². The highest BCUT2D eigenvalue weighted by atomic mass is 35.5. The summed E-state index contributed by atoms with van der Waals surface area (Å²) in [6.07, 6.45) is 1.20. The Bertz CT molecular complexity index is 474. The number of anilines is 1. The first kappa shape index (κ1) is 13.6. The summed E-state index contributed by atoms with van der Waals surface area (Å²) in [6, 6.07) is 4.80. The van der Waals surface area contributed by atoms with Gasteiger partial charge in [-0.25, -0.2) is 8.42 Å². The lowest BCUT2D eigenvalue weighted by Gasteiger charge is -2.15. The zero-order valence-electron chi connectivity index (χ0n) is 9.00. The maximum atomic E-state index is 11.1. The smallest absolute Gasteiger partial charge is 0.149 e. The molecule has 1 N–H and O–H groups in total. The fourth-order valence-corrected chi connectivity index (χ4v) is 2.71. The molecule has 3 nitrogen and oxygen atoms in total. The molecule has 0 heterocycles. The van der Waals surface area contributed by atoms with Crippen LogP contribution in [0.3, 0.4) is 0 Å². The fraction of sp³-hybridized carbons (Fsp3) is 0.400. The van der Waals surface area contributed by atoms with Crippen LogP contribution in [0.15, 0.2) is 18.2 Å². The zero-order chi connectivity index (χ0) is 12.3. The lowest BCUT2D eigenvalue weighted by atomic mass is 10.3. The molecular weight excluding hydrogens is 269 g/mol. The Morgan fingerprint density at radius 1 is 1.38 bits per heavy atom. The van der Waals surface area contributed by atoms with Crippen molar-refractivity contribution in [3.05, 3.63) is 28.2 Å². The van der Waals surface area contributed by atoms with Crippen LogP contribution in [0, 0.1) is 0 Å². The molecule has 90 valence electrons. The number of halogens is 2. The first-order valence-electron chi connectivity index (χ1n) is 4.67. The van der Waals surface area contributed by atoms with E-state index in [1.807, 2.05) is 0 Å². The molecule has 1 rings (SSSR count). The summed E-state index contributed by atoms with van der Waals surface area (Å²) >= 11 is 11.8. The van der Waals surface area contributed by atoms with Crippen molar-refractivity contribution in [2.45, 2.75) is 13.0 Å². The highest BCUT2D eigenvalue weighted by molar-refractivity contribution is 7.90. The molecule has 0 saturated heterocycles. The Morgan fingerprint density at radius 3 is 2.56 bits per heavy atom. The molecule has 0 amide bonds. The molecule has 0 saturated carbocycles. The lowest BCUT2D eigenvalue weighted by Crippen LogP contribution is -2.25. The summed E-state index contributed by atoms with van der Waals surface area (Å²) < 4.78 is 22.2. The van der Waals surface area contributed by atoms with Crippen molar-refractivity contribution < 1.29 is 8.42 Å². The molecule has 16 heavy (non-hydrogen) atoms. The molecule has 0 bridgehead atoms. The lowest BCUT2D eigenvalue weighted by molar-refractivity contribution is 0.598. The van der Waals surface area contributed by atoms with Crippen LogP contribution in [0.25, 0.3) is 0 Å². The van der Waals surface area contributed by atoms with E-state index < -0.39 is 9.84 Å². The van der Waals surface area contributed by atoms with Crippen LogP contribution in [0.1, 0.15) is 6.92 Å². The van der Waals surface area contributed by atoms with Gasteiger partial charge in [-0.1, -0.05) is 23.2 Å². The van der Waals surface area contributed by atoms with Crippen LogP contribution >= 0.6 is 23.2 Å². The van der Waals surface area contributed by atoms with Gasteiger partial charge in [-0.15, -0.1) is 0 Å². The largest absolute Gasteiger partial charge is 0.380 e. The number of benzene rings is 1. The van der Waals surface area contributed by atoms with E-state index in [0.29, 0.717) is 15.7 Å². The number of rotatable bonds is 4. The summed E-state index contributed by atoms with van der Waals surface area (Å²) in [5.74, 6) is 0.0514. The van der Waals surface area contributed by atoms with Gasteiger partial charge in [0.1, 0.15) is 9.84 Å². The first-order valence-corrected chi connectivity index (χ1v) is 7.49. The van der Waals surface area contributed by atoms with E-state index in [0.717, 1.165) is 0 Å². The third-order valence-corrected chi connectivity index (χ3v) is 3.55. The molecule has 1 unspecified atom stereocenters. The van der Waals surface area contributed by atoms with E-state index in [4.69, 9.17) is 23.2 Å². The summed E-state index contributed by atoms with van der Waals surface area (Å²) in [4.78, 5) is 0. The van der Waals surface area contributed by atoms with Gasteiger partial charge in [-0.05, 0) is 25.1 Å². The Kier molecular flexibility index (Phi) is 4.47. The molecule has 1 atom stereocenters.